The molecule has 1 nitrogen and oxygen atoms in total. The Morgan fingerprint density at radius 1 is 0.625 bits per heavy atom. The van der Waals surface area contributed by atoms with E-state index < -0.39 is 47.0 Å². The highest BCUT2D eigenvalue weighted by Gasteiger charge is 2.82. The lowest BCUT2D eigenvalue weighted by atomic mass is 9.94. The lowest BCUT2D eigenvalue weighted by Gasteiger charge is -2.34. The van der Waals surface area contributed by atoms with Gasteiger partial charge in [0.25, 0.3) is 0 Å². The number of halogens is 12. The predicted octanol–water partition coefficient (Wildman–Crippen LogP) is 5.34. The molecule has 0 aliphatic rings. The summed E-state index contributed by atoms with van der Waals surface area (Å²) in [6, 6.07) is -0.354. The van der Waals surface area contributed by atoms with Gasteiger partial charge in [0.05, 0.1) is 11.1 Å². The molecule has 24 heavy (non-hydrogen) atoms. The molecular weight excluding hydrogens is 376 g/mol. The van der Waals surface area contributed by atoms with Crippen molar-refractivity contribution >= 4 is 0 Å². The fraction of sp³-hybridized carbons (Fsp3) is 0.455. The van der Waals surface area contributed by atoms with Crippen LogP contribution >= 0.6 is 0 Å². The smallest absolute Gasteiger partial charge is 0.460 e. The largest absolute Gasteiger partial charge is 0.507 e. The van der Waals surface area contributed by atoms with Crippen molar-refractivity contribution in [2.45, 2.75) is 30.1 Å². The van der Waals surface area contributed by atoms with E-state index in [1.54, 1.807) is 0 Å². The van der Waals surface area contributed by atoms with Gasteiger partial charge in [0.2, 0.25) is 0 Å². The van der Waals surface area contributed by atoms with Gasteiger partial charge in [-0.15, -0.1) is 0 Å². The number of phenolic OH excluding ortho intramolecular Hbond substituents is 1. The van der Waals surface area contributed by atoms with E-state index in [-0.39, 0.29) is 18.2 Å². The summed E-state index contributed by atoms with van der Waals surface area (Å²) in [6.07, 6.45) is -12.7. The van der Waals surface area contributed by atoms with Crippen molar-refractivity contribution in [2.24, 2.45) is 0 Å². The average Bonchev–Trinajstić information content (AvgIpc) is 2.35. The van der Waals surface area contributed by atoms with E-state index in [1.807, 2.05) is 0 Å². The van der Waals surface area contributed by atoms with E-state index >= 15 is 0 Å². The minimum Gasteiger partial charge on any atom is -0.507 e. The zero-order valence-electron chi connectivity index (χ0n) is 10.7. The molecule has 0 bridgehead atoms. The molecule has 1 aromatic carbocycles. The van der Waals surface area contributed by atoms with Crippen LogP contribution in [-0.4, -0.2) is 23.1 Å². The second-order valence-corrected chi connectivity index (χ2v) is 4.42. The summed E-state index contributed by atoms with van der Waals surface area (Å²) in [6.45, 7) is 0. The Balaban J connectivity index is 3.62. The molecule has 138 valence electrons. The molecule has 0 spiro atoms. The van der Waals surface area contributed by atoms with Crippen molar-refractivity contribution < 1.29 is 57.8 Å². The van der Waals surface area contributed by atoms with E-state index in [9.17, 15) is 52.7 Å². The van der Waals surface area contributed by atoms with Crippen LogP contribution in [-0.2, 0) is 12.1 Å². The Morgan fingerprint density at radius 3 is 1.42 bits per heavy atom. The monoisotopic (exact) mass is 380 g/mol. The molecule has 0 aliphatic heterocycles. The number of rotatable bonds is 3. The van der Waals surface area contributed by atoms with E-state index in [2.05, 4.69) is 0 Å². The van der Waals surface area contributed by atoms with Gasteiger partial charge in [-0.05, 0) is 12.1 Å². The van der Waals surface area contributed by atoms with Gasteiger partial charge < -0.3 is 5.11 Å². The van der Waals surface area contributed by atoms with Gasteiger partial charge in [0, 0.05) is 0 Å². The van der Waals surface area contributed by atoms with Crippen LogP contribution in [0.2, 0.25) is 0 Å². The Morgan fingerprint density at radius 2 is 1.04 bits per heavy atom. The zero-order valence-corrected chi connectivity index (χ0v) is 10.7. The number of alkyl halides is 12. The first-order valence-electron chi connectivity index (χ1n) is 5.49. The molecule has 13 heteroatoms. The maximum Gasteiger partial charge on any atom is 0.460 e. The molecule has 0 unspecified atom stereocenters. The number of hydrogen-bond acceptors (Lipinski definition) is 1. The van der Waals surface area contributed by atoms with Crippen molar-refractivity contribution in [3.8, 4) is 5.75 Å². The summed E-state index contributed by atoms with van der Waals surface area (Å²) < 4.78 is 152. The highest BCUT2D eigenvalue weighted by Crippen LogP contribution is 2.58. The van der Waals surface area contributed by atoms with Crippen LogP contribution in [0.25, 0.3) is 0 Å². The minimum atomic E-state index is -7.29. The number of benzene rings is 1. The molecule has 0 atom stereocenters. The molecular formula is C11H4F12O. The predicted molar refractivity (Wildman–Crippen MR) is 53.0 cm³/mol. The summed E-state index contributed by atoms with van der Waals surface area (Å²) in [4.78, 5) is 0. The Kier molecular flexibility index (Phi) is 4.50. The topological polar surface area (TPSA) is 20.2 Å². The standard InChI is InChI=1S/C11H4F12O/c12-7(13,9(17,18)10(19,20)11(21,22)23)4-2-1-3-5(6(4)24)8(14,15)16/h1-3,24H. The lowest BCUT2D eigenvalue weighted by molar-refractivity contribution is -0.399. The van der Waals surface area contributed by atoms with E-state index in [1.165, 1.54) is 0 Å². The lowest BCUT2D eigenvalue weighted by Crippen LogP contribution is -2.59. The van der Waals surface area contributed by atoms with Crippen LogP contribution < -0.4 is 0 Å². The Bertz CT molecular complexity index is 612. The molecule has 0 heterocycles. The van der Waals surface area contributed by atoms with Crippen molar-refractivity contribution in [1.29, 1.82) is 0 Å². The normalized spacial score (nSPS) is 14.8. The minimum absolute atomic E-state index is 0.0353. The molecule has 0 fully saturated rings. The fourth-order valence-electron chi connectivity index (χ4n) is 1.57. The van der Waals surface area contributed by atoms with Gasteiger partial charge in [-0.1, -0.05) is 6.07 Å². The first-order valence-corrected chi connectivity index (χ1v) is 5.49. The van der Waals surface area contributed by atoms with Crippen molar-refractivity contribution in [3.05, 3.63) is 29.3 Å². The van der Waals surface area contributed by atoms with Crippen LogP contribution in [0, 0.1) is 0 Å². The SMILES string of the molecule is Oc1c(C(F)(F)F)cccc1C(F)(F)C(F)(F)C(F)(F)C(F)(F)F. The number of phenols is 1. The van der Waals surface area contributed by atoms with Gasteiger partial charge in [0.1, 0.15) is 5.75 Å². The van der Waals surface area contributed by atoms with Crippen LogP contribution in [0.1, 0.15) is 11.1 Å². The molecule has 1 rings (SSSR count). The second kappa shape index (κ2) is 5.34. The maximum absolute atomic E-state index is 13.5. The highest BCUT2D eigenvalue weighted by atomic mass is 19.4. The molecule has 0 amide bonds. The van der Waals surface area contributed by atoms with Gasteiger partial charge in [-0.25, -0.2) is 0 Å². The molecule has 0 saturated carbocycles. The fourth-order valence-corrected chi connectivity index (χ4v) is 1.57. The van der Waals surface area contributed by atoms with E-state index in [4.69, 9.17) is 5.11 Å². The number of para-hydroxylation sites is 1. The second-order valence-electron chi connectivity index (χ2n) is 4.42. The van der Waals surface area contributed by atoms with E-state index in [0.717, 1.165) is 0 Å². The quantitative estimate of drug-likeness (QED) is 0.703. The third kappa shape index (κ3) is 2.83. The molecule has 0 aromatic heterocycles. The van der Waals surface area contributed by atoms with Gasteiger partial charge in [-0.2, -0.15) is 52.7 Å². The van der Waals surface area contributed by atoms with Crippen molar-refractivity contribution in [3.63, 3.8) is 0 Å². The Hall–Kier alpha value is -1.82. The Labute approximate surface area is 124 Å². The van der Waals surface area contributed by atoms with Gasteiger partial charge in [-0.3, -0.25) is 0 Å². The summed E-state index contributed by atoms with van der Waals surface area (Å²) in [5, 5.41) is 9.03. The van der Waals surface area contributed by atoms with Crippen LogP contribution in [0.4, 0.5) is 52.7 Å². The van der Waals surface area contributed by atoms with Gasteiger partial charge in [0.15, 0.2) is 0 Å². The third-order valence-corrected chi connectivity index (χ3v) is 2.82. The summed E-state index contributed by atoms with van der Waals surface area (Å²) in [5.74, 6) is -23.5. The van der Waals surface area contributed by atoms with Crippen LogP contribution in [0.5, 0.6) is 5.75 Å². The molecule has 0 radical (unpaired) electrons. The summed E-state index contributed by atoms with van der Waals surface area (Å²) >= 11 is 0. The van der Waals surface area contributed by atoms with Crippen LogP contribution in [0.15, 0.2) is 18.2 Å². The summed E-state index contributed by atoms with van der Waals surface area (Å²) in [5.41, 5.74) is -5.04. The maximum atomic E-state index is 13.5. The summed E-state index contributed by atoms with van der Waals surface area (Å²) in [7, 11) is 0. The first-order chi connectivity index (χ1) is 10.4. The molecule has 0 aliphatic carbocycles. The number of aromatic hydroxyl groups is 1. The zero-order chi connectivity index (χ0) is 19.4. The third-order valence-electron chi connectivity index (χ3n) is 2.82. The van der Waals surface area contributed by atoms with E-state index in [0.29, 0.717) is 0 Å². The average molecular weight is 380 g/mol. The van der Waals surface area contributed by atoms with Crippen molar-refractivity contribution in [1.82, 2.24) is 0 Å². The molecule has 1 N–H and O–H groups in total. The number of hydrogen-bond donors (Lipinski definition) is 1. The highest BCUT2D eigenvalue weighted by molar-refractivity contribution is 5.45. The van der Waals surface area contributed by atoms with Crippen molar-refractivity contribution in [2.75, 3.05) is 0 Å². The molecule has 0 saturated heterocycles. The van der Waals surface area contributed by atoms with Gasteiger partial charge >= 0.3 is 30.1 Å². The molecule has 1 aromatic rings. The van der Waals surface area contributed by atoms with Crippen LogP contribution in [0.3, 0.4) is 0 Å². The first kappa shape index (κ1) is 20.2.